The molecule has 0 unspecified atom stereocenters. The average molecular weight is 1140 g/mol. The molecule has 0 heterocycles. The van der Waals surface area contributed by atoms with Crippen molar-refractivity contribution in [3.63, 3.8) is 0 Å². The monoisotopic (exact) mass is 1130 g/mol. The van der Waals surface area contributed by atoms with Gasteiger partial charge < -0.3 is 89.3 Å². The zero-order chi connectivity index (χ0) is 58.6. The van der Waals surface area contributed by atoms with Crippen LogP contribution in [0.2, 0.25) is 10.0 Å². The van der Waals surface area contributed by atoms with Crippen molar-refractivity contribution >= 4 is 70.5 Å². The number of hydrogen-bond acceptors (Lipinski definition) is 17. The molecule has 0 aliphatic rings. The van der Waals surface area contributed by atoms with Crippen LogP contribution in [0.15, 0.2) is 103 Å². The lowest BCUT2D eigenvalue weighted by molar-refractivity contribution is -0.143. The van der Waals surface area contributed by atoms with E-state index in [9.17, 15) is 84.3 Å². The highest BCUT2D eigenvalue weighted by molar-refractivity contribution is 6.32. The van der Waals surface area contributed by atoms with Crippen molar-refractivity contribution < 1.29 is 84.3 Å². The number of phenols is 6. The molecule has 0 radical (unpaired) electrons. The minimum atomic E-state index is -2.23. The molecule has 9 atom stereocenters. The summed E-state index contributed by atoms with van der Waals surface area (Å²) in [5.41, 5.74) is 10.6. The maximum Gasteiger partial charge on any atom is 0.330 e. The number of carboxylic acid groups (broad SMARTS) is 1. The number of nitrogens with one attached hydrogen (secondary N) is 6. The molecular weight excluding hydrogens is 1080 g/mol. The van der Waals surface area contributed by atoms with E-state index in [0.29, 0.717) is 0 Å². The van der Waals surface area contributed by atoms with Crippen molar-refractivity contribution in [2.75, 3.05) is 0 Å². The molecule has 25 nitrogen and oxygen atoms in total. The van der Waals surface area contributed by atoms with Crippen LogP contribution in [0.4, 0.5) is 0 Å². The van der Waals surface area contributed by atoms with Gasteiger partial charge >= 0.3 is 5.97 Å². The quantitative estimate of drug-likeness (QED) is 0.0415. The van der Waals surface area contributed by atoms with Crippen LogP contribution in [-0.4, -0.2) is 117 Å². The molecule has 7 amide bonds. The number of carbonyl (C=O) groups is 8. The van der Waals surface area contributed by atoms with Crippen molar-refractivity contribution in [1.29, 1.82) is 0 Å². The van der Waals surface area contributed by atoms with E-state index in [4.69, 9.17) is 34.7 Å². The van der Waals surface area contributed by atoms with Crippen LogP contribution in [0, 0.1) is 5.92 Å². The fourth-order valence-electron chi connectivity index (χ4n) is 7.87. The molecule has 0 spiro atoms. The number of amides is 7. The molecule has 5 aromatic carbocycles. The van der Waals surface area contributed by atoms with Gasteiger partial charge in [-0.15, -0.1) is 0 Å². The van der Waals surface area contributed by atoms with Gasteiger partial charge in [0.25, 0.3) is 0 Å². The van der Waals surface area contributed by atoms with Crippen molar-refractivity contribution in [3.05, 3.63) is 141 Å². The highest BCUT2D eigenvalue weighted by Gasteiger charge is 2.39. The predicted molar refractivity (Wildman–Crippen MR) is 279 cm³/mol. The van der Waals surface area contributed by atoms with Crippen LogP contribution in [0.1, 0.15) is 84.8 Å². The van der Waals surface area contributed by atoms with Gasteiger partial charge in [-0.05, 0) is 101 Å². The Morgan fingerprint density at radius 3 is 1.28 bits per heavy atom. The third-order valence-corrected chi connectivity index (χ3v) is 12.5. The number of aliphatic carboxylic acids is 1. The van der Waals surface area contributed by atoms with Gasteiger partial charge in [0.05, 0.1) is 22.5 Å². The summed E-state index contributed by atoms with van der Waals surface area (Å²) < 4.78 is 0. The highest BCUT2D eigenvalue weighted by Crippen LogP contribution is 2.32. The Kier molecular flexibility index (Phi) is 20.8. The molecule has 0 aliphatic heterocycles. The highest BCUT2D eigenvalue weighted by atomic mass is 35.5. The first-order valence-electron chi connectivity index (χ1n) is 23.7. The van der Waals surface area contributed by atoms with E-state index < -0.39 is 131 Å². The van der Waals surface area contributed by atoms with E-state index in [1.807, 2.05) is 0 Å². The molecule has 27 heteroatoms. The van der Waals surface area contributed by atoms with Gasteiger partial charge in [0.15, 0.2) is 6.04 Å². The topological polar surface area (TPSA) is 443 Å². The molecule has 0 aliphatic carbocycles. The molecule has 0 saturated carbocycles. The summed E-state index contributed by atoms with van der Waals surface area (Å²) in [7, 11) is 0. The first-order valence-corrected chi connectivity index (χ1v) is 24.4. The number of carboxylic acids is 1. The molecule has 79 heavy (non-hydrogen) atoms. The summed E-state index contributed by atoms with van der Waals surface area (Å²) in [5, 5.41) is 107. The van der Waals surface area contributed by atoms with E-state index in [-0.39, 0.29) is 61.7 Å². The van der Waals surface area contributed by atoms with Crippen LogP contribution in [-0.2, 0) is 38.4 Å². The minimum absolute atomic E-state index is 0.108. The van der Waals surface area contributed by atoms with Crippen molar-refractivity contribution in [3.8, 4) is 34.5 Å². The Morgan fingerprint density at radius 2 is 0.861 bits per heavy atom. The predicted octanol–water partition coefficient (Wildman–Crippen LogP) is 1.35. The fraction of sp³-hybridized carbons (Fsp3) is 0.269. The van der Waals surface area contributed by atoms with E-state index >= 15 is 0 Å². The summed E-state index contributed by atoms with van der Waals surface area (Å²) in [5.74, 6) is -13.4. The maximum atomic E-state index is 14.7. The van der Waals surface area contributed by atoms with E-state index in [0.717, 1.165) is 97.1 Å². The molecule has 5 aromatic rings. The zero-order valence-electron chi connectivity index (χ0n) is 41.7. The Labute approximate surface area is 459 Å². The maximum absolute atomic E-state index is 14.7. The molecule has 0 bridgehead atoms. The number of aliphatic hydroxyl groups is 2. The van der Waals surface area contributed by atoms with Gasteiger partial charge in [-0.1, -0.05) is 73.4 Å². The van der Waals surface area contributed by atoms with Gasteiger partial charge in [-0.2, -0.15) is 0 Å². The number of halogens is 2. The minimum Gasteiger partial charge on any atom is -0.508 e. The first-order chi connectivity index (χ1) is 37.1. The van der Waals surface area contributed by atoms with Crippen LogP contribution in [0.3, 0.4) is 0 Å². The molecule has 0 aromatic heterocycles. The van der Waals surface area contributed by atoms with Crippen molar-refractivity contribution in [2.45, 2.75) is 81.2 Å². The number of benzene rings is 5. The number of rotatable bonds is 24. The standard InChI is InChI=1S/C52H56Cl2N8O17/c1-22(2)15-34(55)46(72)61-42(44(70)25-7-13-36(67)32(53)18-25)50(76)57-35(21-38(56)69)47(73)58-39(23-3-9-28(63)10-4-23)48(74)59-40(24-5-11-29(64)12-6-24)49(75)62-43(45(71)26-8-14-37(68)33(54)19-26)51(77)60-41(52(78)79)27-16-30(65)20-31(66)17-27/h3-14,16-20,22,34-35,39-45,63-68,70-71H,15,21,55H2,1-2H3,(H2,56,69)(H,57,76)(H,58,73)(H,59,74)(H,60,77)(H,61,72)(H,62,75)(H,78,79)/t34-,35+,39-,40-,41+,42-,43+,44-,45-/m1/s1. The Morgan fingerprint density at radius 1 is 0.468 bits per heavy atom. The van der Waals surface area contributed by atoms with Gasteiger partial charge in [-0.3, -0.25) is 33.6 Å². The molecule has 0 saturated heterocycles. The summed E-state index contributed by atoms with van der Waals surface area (Å²) in [6, 6.07) is 4.74. The van der Waals surface area contributed by atoms with Crippen molar-refractivity contribution in [1.82, 2.24) is 31.9 Å². The smallest absolute Gasteiger partial charge is 0.330 e. The van der Waals surface area contributed by atoms with E-state index in [1.54, 1.807) is 13.8 Å². The number of carbonyl (C=O) groups excluding carboxylic acids is 7. The number of aromatic hydroxyl groups is 6. The molecule has 420 valence electrons. The molecular formula is C52H56Cl2N8O17. The van der Waals surface area contributed by atoms with Crippen LogP contribution < -0.4 is 43.4 Å². The fourth-order valence-corrected chi connectivity index (χ4v) is 8.24. The van der Waals surface area contributed by atoms with Gasteiger partial charge in [0.2, 0.25) is 41.4 Å². The number of hydrogen-bond donors (Lipinski definition) is 17. The Hall–Kier alpha value is -8.88. The molecule has 19 N–H and O–H groups in total. The van der Waals surface area contributed by atoms with Gasteiger partial charge in [-0.25, -0.2) is 4.79 Å². The van der Waals surface area contributed by atoms with Crippen LogP contribution >= 0.6 is 23.2 Å². The first kappa shape index (κ1) is 61.0. The van der Waals surface area contributed by atoms with Crippen molar-refractivity contribution in [2.24, 2.45) is 17.4 Å². The lowest BCUT2D eigenvalue weighted by Crippen LogP contribution is -2.59. The summed E-state index contributed by atoms with van der Waals surface area (Å²) in [4.78, 5) is 111. The van der Waals surface area contributed by atoms with Gasteiger partial charge in [0, 0.05) is 6.07 Å². The van der Waals surface area contributed by atoms with Gasteiger partial charge in [0.1, 0.15) is 76.9 Å². The molecule has 0 fully saturated rings. The zero-order valence-corrected chi connectivity index (χ0v) is 43.2. The Bertz CT molecular complexity index is 3060. The SMILES string of the molecule is CC(C)C[C@@H](N)C(=O)N[C@@H](C(=O)N[C@@H](CC(N)=O)C(=O)N[C@@H](C(=O)N[C@@H](C(=O)N[C@H](C(=O)N[C@H](C(=O)O)c1cc(O)cc(O)c1)[C@H](O)c1ccc(O)c(Cl)c1)c1ccc(O)cc1)c1ccc(O)cc1)[C@H](O)c1ccc(O)c(Cl)c1. The second-order valence-corrected chi connectivity index (χ2v) is 19.2. The lowest BCUT2D eigenvalue weighted by Gasteiger charge is -2.30. The number of phenolic OH excluding ortho intramolecular Hbond substituents is 6. The normalized spacial score (nSPS) is 14.6. The second-order valence-electron chi connectivity index (χ2n) is 18.4. The van der Waals surface area contributed by atoms with Crippen LogP contribution in [0.25, 0.3) is 0 Å². The molecule has 5 rings (SSSR count). The summed E-state index contributed by atoms with van der Waals surface area (Å²) >= 11 is 12.2. The third-order valence-electron chi connectivity index (χ3n) is 11.9. The summed E-state index contributed by atoms with van der Waals surface area (Å²) in [6.45, 7) is 3.53. The largest absolute Gasteiger partial charge is 0.508 e. The number of nitrogens with two attached hydrogens (primary N) is 2. The third kappa shape index (κ3) is 16.6. The lowest BCUT2D eigenvalue weighted by atomic mass is 9.98. The Balaban J connectivity index is 1.53. The summed E-state index contributed by atoms with van der Waals surface area (Å²) in [6.07, 6.45) is -4.96. The van der Waals surface area contributed by atoms with E-state index in [2.05, 4.69) is 31.9 Å². The number of primary amides is 1. The van der Waals surface area contributed by atoms with E-state index in [1.165, 1.54) is 6.07 Å². The second kappa shape index (κ2) is 26.9. The average Bonchev–Trinajstić information content (AvgIpc) is 3.38. The van der Waals surface area contributed by atoms with Crippen LogP contribution in [0.5, 0.6) is 34.5 Å². The number of aliphatic hydroxyl groups excluding tert-OH is 2.